The van der Waals surface area contributed by atoms with Gasteiger partial charge in [-0.25, -0.2) is 4.79 Å². The number of hydrogen-bond donors (Lipinski definition) is 1. The van der Waals surface area contributed by atoms with Crippen molar-refractivity contribution in [3.63, 3.8) is 0 Å². The first-order valence-electron chi connectivity index (χ1n) is 22.6. The van der Waals surface area contributed by atoms with E-state index < -0.39 is 0 Å². The van der Waals surface area contributed by atoms with Gasteiger partial charge in [0.2, 0.25) is 0 Å². The van der Waals surface area contributed by atoms with E-state index in [-0.39, 0.29) is 24.0 Å². The number of hydrogen-bond acceptors (Lipinski definition) is 5. The van der Waals surface area contributed by atoms with Gasteiger partial charge in [-0.2, -0.15) is 0 Å². The SMILES string of the molecule is C=C(C)C(=O)OC1CCCCC1Nc1ccc(C(c2ccc(N(CCC)c3c(C)cc(C)cc3C)cc2)c2ccc(N(CCC)c3c(C)cc(C)cc3I)cc2)c2ccccc12. The molecule has 62 heavy (non-hydrogen) atoms. The molecular weight excluding hydrogens is 874 g/mol. The van der Waals surface area contributed by atoms with E-state index in [0.29, 0.717) is 5.57 Å². The molecule has 0 radical (unpaired) electrons. The fourth-order valence-corrected chi connectivity index (χ4v) is 11.0. The molecule has 0 amide bonds. The number of carbonyl (C=O) groups is 1. The van der Waals surface area contributed by atoms with Gasteiger partial charge in [-0.1, -0.05) is 105 Å². The first-order valence-corrected chi connectivity index (χ1v) is 23.7. The first-order chi connectivity index (χ1) is 29.9. The van der Waals surface area contributed by atoms with E-state index >= 15 is 0 Å². The Morgan fingerprint density at radius 2 is 1.23 bits per heavy atom. The van der Waals surface area contributed by atoms with Crippen LogP contribution in [0.1, 0.15) is 110 Å². The third-order valence-corrected chi connectivity index (χ3v) is 13.3. The maximum Gasteiger partial charge on any atom is 0.333 e. The fourth-order valence-electron chi connectivity index (χ4n) is 9.82. The van der Waals surface area contributed by atoms with E-state index in [0.717, 1.165) is 62.7 Å². The van der Waals surface area contributed by atoms with Gasteiger partial charge in [0.25, 0.3) is 0 Å². The standard InChI is InChI=1S/C56H64IN3O2/c1-10-30-59(54-39(7)32-37(5)33-40(54)8)44-24-20-42(21-25-44)53(43-22-26-45(27-23-43)60(31-11-2)55-41(9)34-38(6)35-49(55)57)48-28-29-50(47-17-13-12-16-46(47)48)58-51-18-14-15-19-52(51)62-56(61)36(3)4/h12-13,16-17,20-29,32-35,51-53,58H,3,10-11,14-15,18-19,30-31H2,1-2,4-9H3. The summed E-state index contributed by atoms with van der Waals surface area (Å²) in [6.45, 7) is 23.0. The monoisotopic (exact) mass is 937 g/mol. The van der Waals surface area contributed by atoms with E-state index in [1.165, 1.54) is 76.2 Å². The lowest BCUT2D eigenvalue weighted by Gasteiger charge is -2.33. The summed E-state index contributed by atoms with van der Waals surface area (Å²) in [6.07, 6.45) is 5.82. The van der Waals surface area contributed by atoms with Crippen LogP contribution in [0.15, 0.2) is 121 Å². The van der Waals surface area contributed by atoms with Crippen LogP contribution in [0.3, 0.4) is 0 Å². The summed E-state index contributed by atoms with van der Waals surface area (Å²) in [6, 6.07) is 41.2. The molecule has 3 unspecified atom stereocenters. The third-order valence-electron chi connectivity index (χ3n) is 12.5. The number of anilines is 5. The van der Waals surface area contributed by atoms with Crippen LogP contribution in [0, 0.1) is 38.2 Å². The van der Waals surface area contributed by atoms with Crippen molar-refractivity contribution in [2.45, 2.75) is 112 Å². The predicted molar refractivity (Wildman–Crippen MR) is 272 cm³/mol. The molecule has 322 valence electrons. The van der Waals surface area contributed by atoms with Crippen LogP contribution in [-0.4, -0.2) is 31.2 Å². The van der Waals surface area contributed by atoms with E-state index in [1.54, 1.807) is 6.92 Å². The van der Waals surface area contributed by atoms with Gasteiger partial charge in [0, 0.05) is 56.3 Å². The number of carbonyl (C=O) groups excluding carboxylic acids is 1. The summed E-state index contributed by atoms with van der Waals surface area (Å²) in [5.41, 5.74) is 16.7. The maximum absolute atomic E-state index is 12.7. The van der Waals surface area contributed by atoms with Gasteiger partial charge in [-0.3, -0.25) is 0 Å². The number of esters is 1. The second-order valence-corrected chi connectivity index (χ2v) is 18.7. The van der Waals surface area contributed by atoms with Crippen LogP contribution in [0.2, 0.25) is 0 Å². The molecule has 3 atom stereocenters. The summed E-state index contributed by atoms with van der Waals surface area (Å²) in [5, 5.41) is 6.24. The molecule has 6 aromatic carbocycles. The highest BCUT2D eigenvalue weighted by Gasteiger charge is 2.30. The number of ether oxygens (including phenoxy) is 1. The molecule has 5 nitrogen and oxygen atoms in total. The minimum atomic E-state index is -0.313. The zero-order chi connectivity index (χ0) is 44.1. The number of aryl methyl sites for hydroxylation is 5. The lowest BCUT2D eigenvalue weighted by atomic mass is 9.82. The highest BCUT2D eigenvalue weighted by atomic mass is 127. The Bertz CT molecular complexity index is 2390. The van der Waals surface area contributed by atoms with Gasteiger partial charge in [-0.05, 0) is 177 Å². The summed E-state index contributed by atoms with van der Waals surface area (Å²) >= 11 is 2.51. The van der Waals surface area contributed by atoms with Crippen molar-refractivity contribution < 1.29 is 9.53 Å². The first kappa shape index (κ1) is 45.0. The van der Waals surface area contributed by atoms with Crippen LogP contribution in [0.4, 0.5) is 28.4 Å². The quantitative estimate of drug-likeness (QED) is 0.0481. The van der Waals surface area contributed by atoms with Crippen LogP contribution in [0.5, 0.6) is 0 Å². The molecule has 1 fully saturated rings. The van der Waals surface area contributed by atoms with Crippen molar-refractivity contribution in [1.82, 2.24) is 0 Å². The van der Waals surface area contributed by atoms with Crippen LogP contribution >= 0.6 is 22.6 Å². The average Bonchev–Trinajstić information content (AvgIpc) is 3.24. The lowest BCUT2D eigenvalue weighted by molar-refractivity contribution is -0.146. The molecule has 0 aromatic heterocycles. The molecule has 7 rings (SSSR count). The smallest absolute Gasteiger partial charge is 0.333 e. The molecule has 6 aromatic rings. The number of halogens is 1. The summed E-state index contributed by atoms with van der Waals surface area (Å²) in [7, 11) is 0. The number of fused-ring (bicyclic) bond motifs is 1. The molecule has 0 saturated heterocycles. The van der Waals surface area contributed by atoms with Crippen molar-refractivity contribution in [2.24, 2.45) is 0 Å². The number of rotatable bonds is 15. The zero-order valence-electron chi connectivity index (χ0n) is 38.1. The van der Waals surface area contributed by atoms with E-state index in [2.05, 4.69) is 202 Å². The van der Waals surface area contributed by atoms with Gasteiger partial charge in [0.15, 0.2) is 0 Å². The number of nitrogens with one attached hydrogen (secondary N) is 1. The largest absolute Gasteiger partial charge is 0.457 e. The van der Waals surface area contributed by atoms with Crippen molar-refractivity contribution in [3.8, 4) is 0 Å². The topological polar surface area (TPSA) is 44.8 Å². The summed E-state index contributed by atoms with van der Waals surface area (Å²) in [4.78, 5) is 17.7. The molecule has 1 aliphatic rings. The third kappa shape index (κ3) is 9.76. The second kappa shape index (κ2) is 20.0. The minimum Gasteiger partial charge on any atom is -0.457 e. The summed E-state index contributed by atoms with van der Waals surface area (Å²) in [5.74, 6) is -0.341. The molecule has 0 aliphatic heterocycles. The fraction of sp³-hybridized carbons (Fsp3) is 0.339. The van der Waals surface area contributed by atoms with Crippen molar-refractivity contribution in [3.05, 3.63) is 169 Å². The Morgan fingerprint density at radius 3 is 1.77 bits per heavy atom. The van der Waals surface area contributed by atoms with Crippen molar-refractivity contribution in [1.29, 1.82) is 0 Å². The zero-order valence-corrected chi connectivity index (χ0v) is 40.2. The molecule has 1 aliphatic carbocycles. The summed E-state index contributed by atoms with van der Waals surface area (Å²) < 4.78 is 7.27. The van der Waals surface area contributed by atoms with Gasteiger partial charge in [0.1, 0.15) is 6.10 Å². The van der Waals surface area contributed by atoms with E-state index in [1.807, 2.05) is 0 Å². The Balaban J connectivity index is 1.33. The van der Waals surface area contributed by atoms with Gasteiger partial charge in [-0.15, -0.1) is 0 Å². The van der Waals surface area contributed by atoms with Gasteiger partial charge < -0.3 is 19.9 Å². The highest BCUT2D eigenvalue weighted by molar-refractivity contribution is 14.1. The van der Waals surface area contributed by atoms with Crippen molar-refractivity contribution >= 4 is 67.8 Å². The Morgan fingerprint density at radius 1 is 0.710 bits per heavy atom. The number of benzene rings is 6. The Labute approximate surface area is 384 Å². The molecule has 6 heteroatoms. The highest BCUT2D eigenvalue weighted by Crippen LogP contribution is 2.42. The van der Waals surface area contributed by atoms with E-state index in [9.17, 15) is 4.79 Å². The van der Waals surface area contributed by atoms with Crippen LogP contribution < -0.4 is 15.1 Å². The Hall–Kier alpha value is -5.08. The molecule has 0 spiro atoms. The normalized spacial score (nSPS) is 15.6. The Kier molecular flexibility index (Phi) is 14.5. The second-order valence-electron chi connectivity index (χ2n) is 17.6. The molecule has 1 saturated carbocycles. The molecule has 0 bridgehead atoms. The van der Waals surface area contributed by atoms with Gasteiger partial charge >= 0.3 is 5.97 Å². The maximum atomic E-state index is 12.7. The van der Waals surface area contributed by atoms with Gasteiger partial charge in [0.05, 0.1) is 11.7 Å². The minimum absolute atomic E-state index is 0.0235. The molecule has 0 heterocycles. The van der Waals surface area contributed by atoms with Crippen molar-refractivity contribution in [2.75, 3.05) is 28.2 Å². The predicted octanol–water partition coefficient (Wildman–Crippen LogP) is 15.1. The van der Waals surface area contributed by atoms with Crippen LogP contribution in [0.25, 0.3) is 10.8 Å². The molecule has 1 N–H and O–H groups in total. The lowest BCUT2D eigenvalue weighted by Crippen LogP contribution is -2.40. The van der Waals surface area contributed by atoms with E-state index in [4.69, 9.17) is 4.74 Å². The number of nitrogens with zero attached hydrogens (tertiary/aromatic N) is 2. The molecular formula is C56H64IN3O2. The average molecular weight is 938 g/mol. The van der Waals surface area contributed by atoms with Crippen LogP contribution in [-0.2, 0) is 9.53 Å².